The van der Waals surface area contributed by atoms with Gasteiger partial charge >= 0.3 is 0 Å². The van der Waals surface area contributed by atoms with Gasteiger partial charge in [0, 0.05) is 0 Å². The molecule has 2 atom stereocenters. The Labute approximate surface area is 134 Å². The van der Waals surface area contributed by atoms with Gasteiger partial charge in [-0.2, -0.15) is 33.7 Å². The van der Waals surface area contributed by atoms with Crippen molar-refractivity contribution in [3.05, 3.63) is 0 Å². The van der Waals surface area contributed by atoms with Crippen LogP contribution in [0.5, 0.6) is 0 Å². The van der Waals surface area contributed by atoms with Crippen molar-refractivity contribution >= 4 is 40.5 Å². The summed E-state index contributed by atoms with van der Waals surface area (Å²) in [5.74, 6) is 0. The molecule has 0 aliphatic carbocycles. The third-order valence-electron chi connectivity index (χ3n) is 2.40. The van der Waals surface area contributed by atoms with Gasteiger partial charge in [0.25, 0.3) is 40.5 Å². The summed E-state index contributed by atoms with van der Waals surface area (Å²) in [6.07, 6.45) is -1.20. The molecule has 0 aromatic heterocycles. The Morgan fingerprint density at radius 3 is 1.13 bits per heavy atom. The van der Waals surface area contributed by atoms with Crippen LogP contribution in [0.15, 0.2) is 0 Å². The fourth-order valence-electron chi connectivity index (χ4n) is 1.43. The lowest BCUT2D eigenvalue weighted by atomic mass is 10.6. The van der Waals surface area contributed by atoms with E-state index in [-0.39, 0.29) is 0 Å². The predicted molar refractivity (Wildman–Crippen MR) is 76.1 cm³/mol. The first-order chi connectivity index (χ1) is 10.1. The van der Waals surface area contributed by atoms with Crippen LogP contribution in [0, 0.1) is 0 Å². The summed E-state index contributed by atoms with van der Waals surface area (Å²) in [4.78, 5) is 0. The Hall–Kier alpha value is -0.360. The van der Waals surface area contributed by atoms with E-state index in [1.807, 2.05) is 0 Å². The van der Waals surface area contributed by atoms with Crippen LogP contribution in [0.1, 0.15) is 26.7 Å². The second kappa shape index (κ2) is 7.68. The van der Waals surface area contributed by atoms with Crippen LogP contribution in [0.25, 0.3) is 0 Å². The third-order valence-corrected chi connectivity index (χ3v) is 10.1. The van der Waals surface area contributed by atoms with E-state index < -0.39 is 69.3 Å². The van der Waals surface area contributed by atoms with E-state index in [4.69, 9.17) is 9.11 Å². The maximum absolute atomic E-state index is 11.5. The standard InChI is InChI=1S/C7H16O12S4/c1-3-6(20(8,9)10)22(14,15)18-5-19-23(16,17)7(4-2)21(11,12)13/h6-7H,3-5H2,1-2H3,(H,8,9,10)(H,11,12,13). The van der Waals surface area contributed by atoms with Crippen LogP contribution in [0.3, 0.4) is 0 Å². The van der Waals surface area contributed by atoms with Gasteiger partial charge in [0.2, 0.25) is 9.16 Å². The van der Waals surface area contributed by atoms with Crippen molar-refractivity contribution in [3.8, 4) is 0 Å². The summed E-state index contributed by atoms with van der Waals surface area (Å²) >= 11 is 0. The van der Waals surface area contributed by atoms with Gasteiger partial charge in [-0.3, -0.25) is 9.11 Å². The first-order valence-electron chi connectivity index (χ1n) is 5.78. The Morgan fingerprint density at radius 1 is 0.696 bits per heavy atom. The molecular weight excluding hydrogens is 404 g/mol. The second-order valence-corrected chi connectivity index (χ2v) is 11.4. The predicted octanol–water partition coefficient (Wildman–Crippen LogP) is -1.12. The van der Waals surface area contributed by atoms with Crippen LogP contribution >= 0.6 is 0 Å². The molecule has 0 rings (SSSR count). The van der Waals surface area contributed by atoms with Crippen molar-refractivity contribution in [1.82, 2.24) is 0 Å². The van der Waals surface area contributed by atoms with E-state index in [9.17, 15) is 33.7 Å². The lowest BCUT2D eigenvalue weighted by Gasteiger charge is -2.15. The summed E-state index contributed by atoms with van der Waals surface area (Å²) in [5, 5.41) is 0. The minimum Gasteiger partial charge on any atom is -0.284 e. The Kier molecular flexibility index (Phi) is 7.56. The van der Waals surface area contributed by atoms with Gasteiger partial charge in [-0.15, -0.1) is 0 Å². The highest BCUT2D eigenvalue weighted by molar-refractivity contribution is 8.05. The molecule has 23 heavy (non-hydrogen) atoms. The summed E-state index contributed by atoms with van der Waals surface area (Å²) in [7, 11) is -20.0. The molecule has 140 valence electrons. The van der Waals surface area contributed by atoms with Crippen LogP contribution < -0.4 is 0 Å². The first-order valence-corrected chi connectivity index (χ1v) is 11.7. The van der Waals surface area contributed by atoms with Crippen LogP contribution in [-0.4, -0.2) is 58.7 Å². The summed E-state index contributed by atoms with van der Waals surface area (Å²) in [6, 6.07) is 0. The molecule has 2 N–H and O–H groups in total. The van der Waals surface area contributed by atoms with Gasteiger partial charge in [-0.25, -0.2) is 8.37 Å². The molecule has 0 spiro atoms. The molecule has 0 fully saturated rings. The van der Waals surface area contributed by atoms with Crippen molar-refractivity contribution in [2.75, 3.05) is 6.79 Å². The fraction of sp³-hybridized carbons (Fsp3) is 1.00. The quantitative estimate of drug-likeness (QED) is 0.246. The van der Waals surface area contributed by atoms with E-state index >= 15 is 0 Å². The molecule has 0 aliphatic rings. The maximum atomic E-state index is 11.5. The van der Waals surface area contributed by atoms with E-state index in [2.05, 4.69) is 8.37 Å². The highest BCUT2D eigenvalue weighted by Crippen LogP contribution is 2.17. The van der Waals surface area contributed by atoms with E-state index in [0.29, 0.717) is 0 Å². The molecule has 0 bridgehead atoms. The van der Waals surface area contributed by atoms with Crippen molar-refractivity contribution in [2.45, 2.75) is 35.9 Å². The van der Waals surface area contributed by atoms with Gasteiger partial charge in [-0.1, -0.05) is 13.8 Å². The molecule has 0 heterocycles. The van der Waals surface area contributed by atoms with Gasteiger partial charge in [0.1, 0.15) is 0 Å². The van der Waals surface area contributed by atoms with Crippen molar-refractivity contribution in [2.24, 2.45) is 0 Å². The van der Waals surface area contributed by atoms with E-state index in [0.717, 1.165) is 13.8 Å². The first kappa shape index (κ1) is 22.6. The average molecular weight is 420 g/mol. The highest BCUT2D eigenvalue weighted by atomic mass is 32.3. The molecule has 0 aromatic rings. The molecule has 0 saturated carbocycles. The molecule has 2 unspecified atom stereocenters. The van der Waals surface area contributed by atoms with Gasteiger partial charge in [-0.05, 0) is 12.8 Å². The van der Waals surface area contributed by atoms with E-state index in [1.54, 1.807) is 0 Å². The second-order valence-electron chi connectivity index (χ2n) is 4.04. The summed E-state index contributed by atoms with van der Waals surface area (Å²) in [6.45, 7) is 0.632. The Bertz CT molecular complexity index is 733. The van der Waals surface area contributed by atoms with Crippen LogP contribution in [-0.2, 0) is 48.8 Å². The lowest BCUT2D eigenvalue weighted by Crippen LogP contribution is -2.34. The smallest absolute Gasteiger partial charge is 0.284 e. The molecule has 0 radical (unpaired) electrons. The zero-order valence-electron chi connectivity index (χ0n) is 11.9. The Balaban J connectivity index is 5.16. The highest BCUT2D eigenvalue weighted by Gasteiger charge is 2.39. The summed E-state index contributed by atoms with van der Waals surface area (Å²) < 4.78 is 110. The monoisotopic (exact) mass is 420 g/mol. The summed E-state index contributed by atoms with van der Waals surface area (Å²) in [5.41, 5.74) is 0. The SMILES string of the molecule is CCC(S(=O)(=O)O)S(=O)(=O)OCOS(=O)(=O)C(CC)S(=O)(=O)O. The minimum absolute atomic E-state index is 0.601. The minimum atomic E-state index is -5.04. The van der Waals surface area contributed by atoms with Gasteiger partial charge in [0.05, 0.1) is 0 Å². The molecule has 0 amide bonds. The largest absolute Gasteiger partial charge is 0.289 e. The fourth-order valence-corrected chi connectivity index (χ4v) is 6.54. The number of hydrogen-bond acceptors (Lipinski definition) is 10. The van der Waals surface area contributed by atoms with Crippen molar-refractivity contribution < 1.29 is 51.1 Å². The van der Waals surface area contributed by atoms with Gasteiger partial charge in [0.15, 0.2) is 6.79 Å². The third kappa shape index (κ3) is 6.57. The molecular formula is C7H16O12S4. The molecule has 12 nitrogen and oxygen atoms in total. The lowest BCUT2D eigenvalue weighted by molar-refractivity contribution is 0.131. The zero-order valence-corrected chi connectivity index (χ0v) is 15.2. The topological polar surface area (TPSA) is 195 Å². The van der Waals surface area contributed by atoms with E-state index in [1.165, 1.54) is 0 Å². The molecule has 16 heteroatoms. The molecule has 0 saturated heterocycles. The maximum Gasteiger partial charge on any atom is 0.289 e. The van der Waals surface area contributed by atoms with Crippen LogP contribution in [0.4, 0.5) is 0 Å². The normalized spacial score (nSPS) is 16.9. The molecule has 0 aliphatic heterocycles. The number of rotatable bonds is 10. The molecule has 0 aromatic carbocycles. The number of hydrogen-bond donors (Lipinski definition) is 2. The Morgan fingerprint density at radius 2 is 0.957 bits per heavy atom. The van der Waals surface area contributed by atoms with Crippen molar-refractivity contribution in [3.63, 3.8) is 0 Å². The average Bonchev–Trinajstić information content (AvgIpc) is 2.24. The van der Waals surface area contributed by atoms with Crippen LogP contribution in [0.2, 0.25) is 0 Å². The van der Waals surface area contributed by atoms with Gasteiger partial charge < -0.3 is 0 Å². The van der Waals surface area contributed by atoms with Crippen molar-refractivity contribution in [1.29, 1.82) is 0 Å². The zero-order chi connectivity index (χ0) is 18.7.